The van der Waals surface area contributed by atoms with Crippen LogP contribution in [0.15, 0.2) is 36.5 Å². The van der Waals surface area contributed by atoms with E-state index in [1.807, 2.05) is 12.1 Å². The molecule has 1 aliphatic rings. The van der Waals surface area contributed by atoms with E-state index in [9.17, 15) is 0 Å². The molecule has 3 rings (SSSR count). The molecule has 2 heterocycles. The van der Waals surface area contributed by atoms with Crippen molar-refractivity contribution in [3.8, 4) is 17.0 Å². The average molecular weight is 240 g/mol. The SMILES string of the molecule is Cc1cccc2c1-c1c(ccc[n+]1C)OC2(C)C. The van der Waals surface area contributed by atoms with Gasteiger partial charge in [0.05, 0.1) is 5.56 Å². The first-order chi connectivity index (χ1) is 8.50. The molecule has 0 radical (unpaired) electrons. The van der Waals surface area contributed by atoms with E-state index >= 15 is 0 Å². The molecule has 0 aliphatic carbocycles. The van der Waals surface area contributed by atoms with Gasteiger partial charge >= 0.3 is 0 Å². The van der Waals surface area contributed by atoms with Gasteiger partial charge in [-0.15, -0.1) is 0 Å². The van der Waals surface area contributed by atoms with E-state index in [2.05, 4.69) is 56.8 Å². The number of fused-ring (bicyclic) bond motifs is 3. The fraction of sp³-hybridized carbons (Fsp3) is 0.312. The van der Waals surface area contributed by atoms with Gasteiger partial charge in [-0.3, -0.25) is 0 Å². The predicted molar refractivity (Wildman–Crippen MR) is 71.4 cm³/mol. The van der Waals surface area contributed by atoms with Crippen LogP contribution in [0.2, 0.25) is 0 Å². The molecule has 2 nitrogen and oxygen atoms in total. The van der Waals surface area contributed by atoms with Crippen molar-refractivity contribution in [2.45, 2.75) is 26.4 Å². The smallest absolute Gasteiger partial charge is 0.255 e. The van der Waals surface area contributed by atoms with Crippen molar-refractivity contribution >= 4 is 0 Å². The van der Waals surface area contributed by atoms with Crippen LogP contribution >= 0.6 is 0 Å². The van der Waals surface area contributed by atoms with Crippen LogP contribution in [0.25, 0.3) is 11.3 Å². The highest BCUT2D eigenvalue weighted by atomic mass is 16.5. The third-order valence-electron chi connectivity index (χ3n) is 3.67. The molecule has 18 heavy (non-hydrogen) atoms. The third-order valence-corrected chi connectivity index (χ3v) is 3.67. The summed E-state index contributed by atoms with van der Waals surface area (Å²) >= 11 is 0. The molecule has 0 bridgehead atoms. The Morgan fingerprint density at radius 1 is 1.11 bits per heavy atom. The fourth-order valence-corrected chi connectivity index (χ4v) is 2.78. The molecule has 0 amide bonds. The molecule has 0 fully saturated rings. The summed E-state index contributed by atoms with van der Waals surface area (Å²) < 4.78 is 8.30. The molecule has 0 spiro atoms. The van der Waals surface area contributed by atoms with Gasteiger partial charge in [0, 0.05) is 11.6 Å². The monoisotopic (exact) mass is 240 g/mol. The van der Waals surface area contributed by atoms with Gasteiger partial charge in [-0.2, -0.15) is 4.57 Å². The summed E-state index contributed by atoms with van der Waals surface area (Å²) in [6.07, 6.45) is 2.07. The highest BCUT2D eigenvalue weighted by molar-refractivity contribution is 5.73. The van der Waals surface area contributed by atoms with E-state index < -0.39 is 0 Å². The Morgan fingerprint density at radius 3 is 2.67 bits per heavy atom. The van der Waals surface area contributed by atoms with Gasteiger partial charge < -0.3 is 4.74 Å². The molecular weight excluding hydrogens is 222 g/mol. The zero-order valence-corrected chi connectivity index (χ0v) is 11.3. The van der Waals surface area contributed by atoms with Gasteiger partial charge in [0.1, 0.15) is 12.6 Å². The van der Waals surface area contributed by atoms with Crippen LogP contribution < -0.4 is 9.30 Å². The van der Waals surface area contributed by atoms with Crippen molar-refractivity contribution in [3.63, 3.8) is 0 Å². The van der Waals surface area contributed by atoms with Gasteiger partial charge in [-0.05, 0) is 32.4 Å². The van der Waals surface area contributed by atoms with Crippen LogP contribution in [0, 0.1) is 6.92 Å². The third kappa shape index (κ3) is 1.45. The predicted octanol–water partition coefficient (Wildman–Crippen LogP) is 3.11. The lowest BCUT2D eigenvalue weighted by Gasteiger charge is -2.33. The van der Waals surface area contributed by atoms with Crippen LogP contribution in [0.5, 0.6) is 5.75 Å². The van der Waals surface area contributed by atoms with Crippen molar-refractivity contribution in [2.75, 3.05) is 0 Å². The molecule has 2 heteroatoms. The second-order valence-electron chi connectivity index (χ2n) is 5.44. The Bertz CT molecular complexity index is 629. The first-order valence-corrected chi connectivity index (χ1v) is 6.29. The van der Waals surface area contributed by atoms with Crippen molar-refractivity contribution in [1.82, 2.24) is 0 Å². The maximum absolute atomic E-state index is 6.16. The minimum Gasteiger partial charge on any atom is -0.476 e. The minimum atomic E-state index is -0.275. The number of aryl methyl sites for hydroxylation is 2. The van der Waals surface area contributed by atoms with Gasteiger partial charge in [0.2, 0.25) is 0 Å². The minimum absolute atomic E-state index is 0.275. The normalized spacial score (nSPS) is 15.6. The largest absolute Gasteiger partial charge is 0.476 e. The molecule has 0 atom stereocenters. The van der Waals surface area contributed by atoms with E-state index in [0.717, 1.165) is 5.75 Å². The van der Waals surface area contributed by atoms with Gasteiger partial charge in [0.25, 0.3) is 5.69 Å². The number of nitrogens with zero attached hydrogens (tertiary/aromatic N) is 1. The molecule has 92 valence electrons. The van der Waals surface area contributed by atoms with E-state index in [4.69, 9.17) is 4.74 Å². The highest BCUT2D eigenvalue weighted by Gasteiger charge is 2.37. The maximum Gasteiger partial charge on any atom is 0.255 e. The summed E-state index contributed by atoms with van der Waals surface area (Å²) in [4.78, 5) is 0. The number of pyridine rings is 1. The number of aromatic nitrogens is 1. The quantitative estimate of drug-likeness (QED) is 0.645. The molecule has 2 aromatic rings. The summed E-state index contributed by atoms with van der Waals surface area (Å²) in [6.45, 7) is 6.42. The van der Waals surface area contributed by atoms with Gasteiger partial charge in [0.15, 0.2) is 11.9 Å². The van der Waals surface area contributed by atoms with Crippen LogP contribution in [0.3, 0.4) is 0 Å². The molecule has 0 saturated carbocycles. The molecule has 1 aromatic heterocycles. The number of hydrogen-bond acceptors (Lipinski definition) is 1. The second-order valence-corrected chi connectivity index (χ2v) is 5.44. The molecule has 1 aromatic carbocycles. The van der Waals surface area contributed by atoms with Crippen LogP contribution in [-0.2, 0) is 12.6 Å². The summed E-state index contributed by atoms with van der Waals surface area (Å²) in [7, 11) is 2.07. The molecule has 0 saturated heterocycles. The average Bonchev–Trinajstić information content (AvgIpc) is 2.29. The topological polar surface area (TPSA) is 13.1 Å². The molecule has 1 aliphatic heterocycles. The number of ether oxygens (including phenoxy) is 1. The number of benzene rings is 1. The Labute approximate surface area is 108 Å². The maximum atomic E-state index is 6.16. The number of rotatable bonds is 0. The standard InChI is InChI=1S/C16H18NO/c1-11-7-5-8-12-14(11)15-13(18-16(12,2)3)9-6-10-17(15)4/h5-10H,1-4H3/q+1. The molecular formula is C16H18NO+. The Hall–Kier alpha value is -1.83. The fourth-order valence-electron chi connectivity index (χ4n) is 2.78. The Morgan fingerprint density at radius 2 is 1.89 bits per heavy atom. The first kappa shape index (κ1) is 11.3. The lowest BCUT2D eigenvalue weighted by atomic mass is 9.86. The van der Waals surface area contributed by atoms with Crippen molar-refractivity contribution in [2.24, 2.45) is 7.05 Å². The zero-order chi connectivity index (χ0) is 12.9. The van der Waals surface area contributed by atoms with E-state index in [1.165, 1.54) is 22.4 Å². The number of hydrogen-bond donors (Lipinski definition) is 0. The summed E-state index contributed by atoms with van der Waals surface area (Å²) in [5, 5.41) is 0. The lowest BCUT2D eigenvalue weighted by molar-refractivity contribution is -0.661. The Kier molecular flexibility index (Phi) is 2.24. The highest BCUT2D eigenvalue weighted by Crippen LogP contribution is 2.44. The molecule has 0 unspecified atom stereocenters. The molecule has 0 N–H and O–H groups in total. The van der Waals surface area contributed by atoms with Crippen LogP contribution in [0.1, 0.15) is 25.0 Å². The van der Waals surface area contributed by atoms with Gasteiger partial charge in [-0.1, -0.05) is 18.2 Å². The van der Waals surface area contributed by atoms with Crippen molar-refractivity contribution in [3.05, 3.63) is 47.7 Å². The summed E-state index contributed by atoms with van der Waals surface area (Å²) in [6, 6.07) is 10.5. The van der Waals surface area contributed by atoms with E-state index in [-0.39, 0.29) is 5.60 Å². The first-order valence-electron chi connectivity index (χ1n) is 6.29. The second kappa shape index (κ2) is 3.58. The van der Waals surface area contributed by atoms with E-state index in [1.54, 1.807) is 0 Å². The Balaban J connectivity index is 2.42. The van der Waals surface area contributed by atoms with Crippen molar-refractivity contribution in [1.29, 1.82) is 0 Å². The summed E-state index contributed by atoms with van der Waals surface area (Å²) in [5.74, 6) is 0.965. The summed E-state index contributed by atoms with van der Waals surface area (Å²) in [5.41, 5.74) is 4.77. The van der Waals surface area contributed by atoms with Crippen molar-refractivity contribution < 1.29 is 9.30 Å². The van der Waals surface area contributed by atoms with Crippen LogP contribution in [0.4, 0.5) is 0 Å². The van der Waals surface area contributed by atoms with Gasteiger partial charge in [-0.25, -0.2) is 0 Å². The van der Waals surface area contributed by atoms with E-state index in [0.29, 0.717) is 0 Å². The lowest BCUT2D eigenvalue weighted by Crippen LogP contribution is -2.38. The van der Waals surface area contributed by atoms with Crippen LogP contribution in [-0.4, -0.2) is 0 Å². The zero-order valence-electron chi connectivity index (χ0n) is 11.3.